The van der Waals surface area contributed by atoms with Crippen molar-refractivity contribution in [2.75, 3.05) is 19.3 Å². The summed E-state index contributed by atoms with van der Waals surface area (Å²) in [5, 5.41) is 3.54. The van der Waals surface area contributed by atoms with E-state index < -0.39 is 10.0 Å². The van der Waals surface area contributed by atoms with Crippen molar-refractivity contribution >= 4 is 21.8 Å². The Balaban J connectivity index is 2.08. The van der Waals surface area contributed by atoms with Crippen molar-refractivity contribution in [2.24, 2.45) is 0 Å². The van der Waals surface area contributed by atoms with Crippen LogP contribution in [0.25, 0.3) is 0 Å². The van der Waals surface area contributed by atoms with Crippen molar-refractivity contribution < 1.29 is 8.42 Å². The molecule has 2 atom stereocenters. The van der Waals surface area contributed by atoms with Crippen LogP contribution in [0, 0.1) is 0 Å². The van der Waals surface area contributed by atoms with Crippen LogP contribution in [0.5, 0.6) is 0 Å². The Hall–Kier alpha value is -0.560. The molecule has 0 aromatic heterocycles. The van der Waals surface area contributed by atoms with Crippen LogP contribution in [0.15, 0.2) is 29.2 Å². The van der Waals surface area contributed by atoms with Gasteiger partial charge in [0.05, 0.1) is 4.90 Å². The van der Waals surface area contributed by atoms with Crippen LogP contribution in [-0.2, 0) is 10.0 Å². The van der Waals surface area contributed by atoms with Gasteiger partial charge in [0.25, 0.3) is 0 Å². The molecule has 2 N–H and O–H groups in total. The highest BCUT2D eigenvalue weighted by Crippen LogP contribution is 2.26. The molecule has 1 aliphatic rings. The van der Waals surface area contributed by atoms with Crippen LogP contribution < -0.4 is 10.0 Å². The normalized spacial score (nSPS) is 21.0. The fourth-order valence-electron chi connectivity index (χ4n) is 2.21. The summed E-state index contributed by atoms with van der Waals surface area (Å²) < 4.78 is 27.4. The summed E-state index contributed by atoms with van der Waals surface area (Å²) >= 11 is 1.85. The van der Waals surface area contributed by atoms with E-state index in [9.17, 15) is 8.42 Å². The third-order valence-corrected chi connectivity index (χ3v) is 6.45. The zero-order chi connectivity index (χ0) is 14.6. The molecule has 0 saturated carbocycles. The van der Waals surface area contributed by atoms with Gasteiger partial charge in [-0.2, -0.15) is 11.8 Å². The van der Waals surface area contributed by atoms with Crippen LogP contribution in [0.2, 0.25) is 0 Å². The van der Waals surface area contributed by atoms with Crippen LogP contribution in [-0.4, -0.2) is 33.0 Å². The van der Waals surface area contributed by atoms with Gasteiger partial charge in [-0.3, -0.25) is 0 Å². The van der Waals surface area contributed by atoms with E-state index in [-0.39, 0.29) is 6.04 Å². The van der Waals surface area contributed by atoms with Gasteiger partial charge in [-0.1, -0.05) is 12.1 Å². The molecule has 2 rings (SSSR count). The van der Waals surface area contributed by atoms with E-state index in [2.05, 4.69) is 10.0 Å². The van der Waals surface area contributed by atoms with Gasteiger partial charge >= 0.3 is 0 Å². The summed E-state index contributed by atoms with van der Waals surface area (Å²) in [4.78, 5) is 0.347. The maximum atomic E-state index is 12.3. The second-order valence-corrected chi connectivity index (χ2v) is 8.24. The van der Waals surface area contributed by atoms with Crippen molar-refractivity contribution in [3.8, 4) is 0 Å². The Morgan fingerprint density at radius 1 is 1.45 bits per heavy atom. The molecule has 4 nitrogen and oxygen atoms in total. The van der Waals surface area contributed by atoms with Crippen LogP contribution >= 0.6 is 11.8 Å². The van der Waals surface area contributed by atoms with Gasteiger partial charge in [0.1, 0.15) is 0 Å². The number of hydrogen-bond acceptors (Lipinski definition) is 4. The van der Waals surface area contributed by atoms with Crippen molar-refractivity contribution in [3.05, 3.63) is 29.8 Å². The summed E-state index contributed by atoms with van der Waals surface area (Å²) in [7, 11) is -1.54. The summed E-state index contributed by atoms with van der Waals surface area (Å²) in [6.07, 6.45) is 2.29. The molecule has 0 aliphatic carbocycles. The van der Waals surface area contributed by atoms with Gasteiger partial charge in [-0.15, -0.1) is 0 Å². The van der Waals surface area contributed by atoms with Gasteiger partial charge in [-0.05, 0) is 50.3 Å². The lowest BCUT2D eigenvalue weighted by atomic mass is 10.1. The first-order valence-electron chi connectivity index (χ1n) is 6.91. The second-order valence-electron chi connectivity index (χ2n) is 5.07. The summed E-state index contributed by atoms with van der Waals surface area (Å²) in [6, 6.07) is 7.26. The van der Waals surface area contributed by atoms with Crippen LogP contribution in [0.3, 0.4) is 0 Å². The van der Waals surface area contributed by atoms with Crippen LogP contribution in [0.4, 0.5) is 0 Å². The zero-order valence-corrected chi connectivity index (χ0v) is 13.6. The Kier molecular flexibility index (Phi) is 5.49. The molecule has 20 heavy (non-hydrogen) atoms. The van der Waals surface area contributed by atoms with Gasteiger partial charge in [0, 0.05) is 17.8 Å². The first-order chi connectivity index (χ1) is 9.53. The van der Waals surface area contributed by atoms with Crippen molar-refractivity contribution in [2.45, 2.75) is 36.0 Å². The van der Waals surface area contributed by atoms with E-state index in [0.717, 1.165) is 17.7 Å². The average Bonchev–Trinajstić information content (AvgIpc) is 2.98. The molecule has 1 aliphatic heterocycles. The molecule has 1 saturated heterocycles. The predicted octanol–water partition coefficient (Wildman–Crippen LogP) is 2.14. The maximum Gasteiger partial charge on any atom is 0.240 e. The summed E-state index contributed by atoms with van der Waals surface area (Å²) in [5.74, 6) is 1.14. The van der Waals surface area contributed by atoms with E-state index in [0.29, 0.717) is 16.7 Å². The molecule has 112 valence electrons. The molecule has 0 radical (unpaired) electrons. The third kappa shape index (κ3) is 3.97. The van der Waals surface area contributed by atoms with Gasteiger partial charge in [0.15, 0.2) is 0 Å². The molecule has 6 heteroatoms. The monoisotopic (exact) mass is 314 g/mol. The fourth-order valence-corrected chi connectivity index (χ4v) is 4.65. The van der Waals surface area contributed by atoms with E-state index >= 15 is 0 Å². The minimum absolute atomic E-state index is 0.135. The van der Waals surface area contributed by atoms with E-state index in [1.54, 1.807) is 18.2 Å². The maximum absolute atomic E-state index is 12.3. The van der Waals surface area contributed by atoms with E-state index in [1.165, 1.54) is 6.42 Å². The lowest BCUT2D eigenvalue weighted by Gasteiger charge is -2.14. The molecule has 2 unspecified atom stereocenters. The van der Waals surface area contributed by atoms with Gasteiger partial charge < -0.3 is 5.32 Å². The highest BCUT2D eigenvalue weighted by Gasteiger charge is 2.20. The molecule has 0 spiro atoms. The number of thioether (sulfide) groups is 1. The van der Waals surface area contributed by atoms with E-state index in [1.807, 2.05) is 31.8 Å². The molecule has 1 aromatic carbocycles. The zero-order valence-electron chi connectivity index (χ0n) is 11.9. The minimum Gasteiger partial charge on any atom is -0.313 e. The second kappa shape index (κ2) is 6.93. The van der Waals surface area contributed by atoms with Crippen molar-refractivity contribution in [1.29, 1.82) is 0 Å². The topological polar surface area (TPSA) is 58.2 Å². The molecule has 0 bridgehead atoms. The highest BCUT2D eigenvalue weighted by molar-refractivity contribution is 8.00. The number of nitrogens with one attached hydrogen (secondary N) is 2. The van der Waals surface area contributed by atoms with Crippen molar-refractivity contribution in [3.63, 3.8) is 0 Å². The summed E-state index contributed by atoms with van der Waals surface area (Å²) in [5.41, 5.74) is 0.977. The Bertz CT molecular complexity index is 540. The lowest BCUT2D eigenvalue weighted by Crippen LogP contribution is -2.30. The molecule has 1 aromatic rings. The van der Waals surface area contributed by atoms with Crippen LogP contribution in [0.1, 0.15) is 31.4 Å². The number of hydrogen-bond donors (Lipinski definition) is 2. The van der Waals surface area contributed by atoms with Gasteiger partial charge in [-0.25, -0.2) is 13.1 Å². The average molecular weight is 314 g/mol. The Labute approximate surface area is 125 Å². The summed E-state index contributed by atoms with van der Waals surface area (Å²) in [6.45, 7) is 2.53. The molecule has 1 fully saturated rings. The highest BCUT2D eigenvalue weighted by atomic mass is 32.2. The Morgan fingerprint density at radius 3 is 2.90 bits per heavy atom. The smallest absolute Gasteiger partial charge is 0.240 e. The lowest BCUT2D eigenvalue weighted by molar-refractivity contribution is 0.578. The number of sulfonamides is 1. The molecular weight excluding hydrogens is 292 g/mol. The molecular formula is C14H22N2O2S2. The first kappa shape index (κ1) is 15.8. The minimum atomic E-state index is -3.40. The molecule has 1 heterocycles. The SMILES string of the molecule is CNC(C)c1cccc(S(=O)(=O)NCC2CCCS2)c1. The van der Waals surface area contributed by atoms with Crippen molar-refractivity contribution in [1.82, 2.24) is 10.0 Å². The number of benzene rings is 1. The first-order valence-corrected chi connectivity index (χ1v) is 9.44. The van der Waals surface area contributed by atoms with E-state index in [4.69, 9.17) is 0 Å². The fraction of sp³-hybridized carbons (Fsp3) is 0.571. The Morgan fingerprint density at radius 2 is 2.25 bits per heavy atom. The molecule has 0 amide bonds. The largest absolute Gasteiger partial charge is 0.313 e. The van der Waals surface area contributed by atoms with Gasteiger partial charge in [0.2, 0.25) is 10.0 Å². The quantitative estimate of drug-likeness (QED) is 0.844. The predicted molar refractivity (Wildman–Crippen MR) is 84.6 cm³/mol. The standard InChI is InChI=1S/C14H22N2O2S2/c1-11(15-2)12-5-3-7-14(9-12)20(17,18)16-10-13-6-4-8-19-13/h3,5,7,9,11,13,15-16H,4,6,8,10H2,1-2H3. The number of rotatable bonds is 6. The third-order valence-electron chi connectivity index (χ3n) is 3.63.